The first-order valence-electron chi connectivity index (χ1n) is 12.8. The minimum absolute atomic E-state index is 0.0590. The number of alkyl halides is 3. The average Bonchev–Trinajstić information content (AvgIpc) is 3.17. The van der Waals surface area contributed by atoms with Gasteiger partial charge in [-0.3, -0.25) is 9.78 Å². The summed E-state index contributed by atoms with van der Waals surface area (Å²) in [6.07, 6.45) is 3.15. The number of aromatic nitrogens is 1. The molecule has 4 rings (SSSR count). The summed E-state index contributed by atoms with van der Waals surface area (Å²) in [5, 5.41) is 3.65. The summed E-state index contributed by atoms with van der Waals surface area (Å²) in [6.45, 7) is 7.33. The third kappa shape index (κ3) is 5.42. The Hall–Kier alpha value is -2.35. The molecule has 1 aromatic heterocycles. The van der Waals surface area contributed by atoms with Gasteiger partial charge in [-0.25, -0.2) is 0 Å². The molecule has 1 aliphatic carbocycles. The molecule has 5 nitrogen and oxygen atoms in total. The van der Waals surface area contributed by atoms with Crippen LogP contribution in [-0.4, -0.2) is 58.5 Å². The number of hydrogen-bond donors (Lipinski definition) is 1. The number of carbonyl (C=O) groups is 1. The first-order valence-corrected chi connectivity index (χ1v) is 12.8. The van der Waals surface area contributed by atoms with Gasteiger partial charge in [-0.15, -0.1) is 0 Å². The van der Waals surface area contributed by atoms with Crippen molar-refractivity contribution < 1.29 is 18.0 Å². The number of anilines is 1. The Morgan fingerprint density at radius 3 is 2.66 bits per heavy atom. The maximum absolute atomic E-state index is 13.5. The molecule has 1 amide bonds. The molecule has 0 unspecified atom stereocenters. The summed E-state index contributed by atoms with van der Waals surface area (Å²) in [4.78, 5) is 22.2. The fourth-order valence-corrected chi connectivity index (χ4v) is 5.91. The van der Waals surface area contributed by atoms with E-state index in [1.165, 1.54) is 6.07 Å². The topological polar surface area (TPSA) is 48.5 Å². The Balaban J connectivity index is 1.50. The Bertz CT molecular complexity index is 1040. The van der Waals surface area contributed by atoms with Crippen LogP contribution >= 0.6 is 0 Å². The van der Waals surface area contributed by atoms with E-state index in [1.807, 2.05) is 4.90 Å². The lowest BCUT2D eigenvalue weighted by molar-refractivity contribution is -0.137. The van der Waals surface area contributed by atoms with E-state index in [4.69, 9.17) is 0 Å². The molecule has 35 heavy (non-hydrogen) atoms. The van der Waals surface area contributed by atoms with Gasteiger partial charge in [-0.1, -0.05) is 13.3 Å². The monoisotopic (exact) mass is 490 g/mol. The van der Waals surface area contributed by atoms with Crippen molar-refractivity contribution in [3.05, 3.63) is 36.0 Å². The van der Waals surface area contributed by atoms with Crippen LogP contribution in [0.25, 0.3) is 10.9 Å². The number of rotatable bonds is 7. The van der Waals surface area contributed by atoms with Crippen molar-refractivity contribution in [2.75, 3.05) is 18.9 Å². The predicted molar refractivity (Wildman–Crippen MR) is 133 cm³/mol. The minimum atomic E-state index is -4.43. The van der Waals surface area contributed by atoms with Gasteiger partial charge < -0.3 is 15.1 Å². The van der Waals surface area contributed by atoms with Gasteiger partial charge >= 0.3 is 6.18 Å². The zero-order chi connectivity index (χ0) is 25.3. The second kappa shape index (κ2) is 10.3. The van der Waals surface area contributed by atoms with Crippen molar-refractivity contribution in [3.8, 4) is 0 Å². The molecule has 1 aliphatic heterocycles. The molecule has 0 spiro atoms. The van der Waals surface area contributed by atoms with E-state index >= 15 is 0 Å². The van der Waals surface area contributed by atoms with E-state index in [-0.39, 0.29) is 11.9 Å². The lowest BCUT2D eigenvalue weighted by atomic mass is 9.77. The van der Waals surface area contributed by atoms with E-state index in [9.17, 15) is 18.0 Å². The number of pyridine rings is 1. The van der Waals surface area contributed by atoms with Crippen LogP contribution in [0.1, 0.15) is 64.9 Å². The van der Waals surface area contributed by atoms with Gasteiger partial charge in [0, 0.05) is 41.9 Å². The fourth-order valence-electron chi connectivity index (χ4n) is 5.91. The maximum atomic E-state index is 13.5. The first kappa shape index (κ1) is 25.7. The van der Waals surface area contributed by atoms with Crippen LogP contribution in [0.15, 0.2) is 30.5 Å². The number of amides is 1. The van der Waals surface area contributed by atoms with Gasteiger partial charge in [0.05, 0.1) is 11.1 Å². The maximum Gasteiger partial charge on any atom is 0.416 e. The van der Waals surface area contributed by atoms with E-state index in [1.54, 1.807) is 12.3 Å². The highest BCUT2D eigenvalue weighted by Crippen LogP contribution is 2.37. The average molecular weight is 491 g/mol. The van der Waals surface area contributed by atoms with Gasteiger partial charge in [-0.05, 0) is 83.2 Å². The van der Waals surface area contributed by atoms with Gasteiger partial charge in [0.2, 0.25) is 5.91 Å². The molecule has 4 atom stereocenters. The molecular formula is C27H37F3N4O. The van der Waals surface area contributed by atoms with Crippen LogP contribution < -0.4 is 5.32 Å². The highest BCUT2D eigenvalue weighted by molar-refractivity contribution is 5.95. The van der Waals surface area contributed by atoms with E-state index in [0.29, 0.717) is 47.6 Å². The molecule has 1 saturated heterocycles. The third-order valence-electron chi connectivity index (χ3n) is 8.00. The number of nitrogens with zero attached hydrogens (tertiary/aromatic N) is 3. The SMILES string of the molecule is CCC[C@H]1C[C@H](N(C)C(C)C)CC[C@@H]1N1CC[C@@H](Nc2ccnc3ccc(C(F)(F)F)cc23)C1=O. The van der Waals surface area contributed by atoms with Crippen molar-refractivity contribution in [1.29, 1.82) is 0 Å². The summed E-state index contributed by atoms with van der Waals surface area (Å²) in [7, 11) is 2.20. The predicted octanol–water partition coefficient (Wildman–Crippen LogP) is 5.94. The third-order valence-corrected chi connectivity index (χ3v) is 8.00. The molecule has 2 fully saturated rings. The highest BCUT2D eigenvalue weighted by Gasteiger charge is 2.42. The van der Waals surface area contributed by atoms with Crippen molar-refractivity contribution in [1.82, 2.24) is 14.8 Å². The number of nitrogens with one attached hydrogen (secondary N) is 1. The summed E-state index contributed by atoms with van der Waals surface area (Å²) < 4.78 is 39.9. The van der Waals surface area contributed by atoms with Crippen molar-refractivity contribution in [3.63, 3.8) is 0 Å². The molecule has 1 aromatic carbocycles. The Labute approximate surface area is 206 Å². The Morgan fingerprint density at radius 2 is 1.97 bits per heavy atom. The van der Waals surface area contributed by atoms with Gasteiger partial charge in [0.15, 0.2) is 0 Å². The molecule has 8 heteroatoms. The molecule has 2 heterocycles. The Kier molecular flexibility index (Phi) is 7.60. The normalized spacial score (nSPS) is 25.7. The number of halogens is 3. The van der Waals surface area contributed by atoms with Crippen molar-refractivity contribution in [2.45, 2.75) is 89.6 Å². The fraction of sp³-hybridized carbons (Fsp3) is 0.630. The first-order chi connectivity index (χ1) is 16.6. The molecule has 192 valence electrons. The van der Waals surface area contributed by atoms with Crippen molar-refractivity contribution >= 4 is 22.5 Å². The quantitative estimate of drug-likeness (QED) is 0.522. The smallest absolute Gasteiger partial charge is 0.373 e. The Morgan fingerprint density at radius 1 is 1.20 bits per heavy atom. The lowest BCUT2D eigenvalue weighted by Crippen LogP contribution is -2.50. The lowest BCUT2D eigenvalue weighted by Gasteiger charge is -2.44. The molecule has 0 bridgehead atoms. The minimum Gasteiger partial charge on any atom is -0.373 e. The molecule has 1 saturated carbocycles. The summed E-state index contributed by atoms with van der Waals surface area (Å²) in [6, 6.07) is 6.04. The number of carbonyl (C=O) groups excluding carboxylic acids is 1. The number of hydrogen-bond acceptors (Lipinski definition) is 4. The summed E-state index contributed by atoms with van der Waals surface area (Å²) in [5.74, 6) is 0.530. The highest BCUT2D eigenvalue weighted by atomic mass is 19.4. The molecule has 1 N–H and O–H groups in total. The van der Waals surface area contributed by atoms with Crippen LogP contribution in [0, 0.1) is 5.92 Å². The van der Waals surface area contributed by atoms with Crippen LogP contribution in [-0.2, 0) is 11.0 Å². The number of likely N-dealkylation sites (tertiary alicyclic amines) is 1. The van der Waals surface area contributed by atoms with Gasteiger partial charge in [0.25, 0.3) is 0 Å². The summed E-state index contributed by atoms with van der Waals surface area (Å²) in [5.41, 5.74) is 0.278. The van der Waals surface area contributed by atoms with Crippen LogP contribution in [0.2, 0.25) is 0 Å². The molecule has 2 aromatic rings. The van der Waals surface area contributed by atoms with Crippen LogP contribution in [0.4, 0.5) is 18.9 Å². The van der Waals surface area contributed by atoms with E-state index in [0.717, 1.165) is 44.2 Å². The van der Waals surface area contributed by atoms with Crippen LogP contribution in [0.3, 0.4) is 0 Å². The van der Waals surface area contributed by atoms with E-state index < -0.39 is 17.8 Å². The zero-order valence-corrected chi connectivity index (χ0v) is 21.1. The van der Waals surface area contributed by atoms with Gasteiger partial charge in [-0.2, -0.15) is 13.2 Å². The zero-order valence-electron chi connectivity index (χ0n) is 21.1. The number of fused-ring (bicyclic) bond motifs is 1. The van der Waals surface area contributed by atoms with E-state index in [2.05, 4.69) is 43.0 Å². The second-order valence-corrected chi connectivity index (χ2v) is 10.4. The van der Waals surface area contributed by atoms with Crippen molar-refractivity contribution in [2.24, 2.45) is 5.92 Å². The largest absolute Gasteiger partial charge is 0.416 e. The number of benzene rings is 1. The standard InChI is InChI=1S/C27H37F3N4O/c1-5-6-18-15-20(33(4)17(2)3)8-10-25(18)34-14-12-24(26(34)35)32-23-11-13-31-22-9-7-19(16-21(22)23)27(28,29)30/h7,9,11,13,16-18,20,24-25H,5-6,8,10,12,14-15H2,1-4H3,(H,31,32)/t18-,20+,24+,25-/m0/s1. The summed E-state index contributed by atoms with van der Waals surface area (Å²) >= 11 is 0. The van der Waals surface area contributed by atoms with Gasteiger partial charge in [0.1, 0.15) is 6.04 Å². The van der Waals surface area contributed by atoms with Crippen LogP contribution in [0.5, 0.6) is 0 Å². The molecule has 2 aliphatic rings. The molecule has 0 radical (unpaired) electrons. The molecular weight excluding hydrogens is 453 g/mol. The second-order valence-electron chi connectivity index (χ2n) is 10.4.